The molecule has 0 aliphatic carbocycles. The summed E-state index contributed by atoms with van der Waals surface area (Å²) in [6.45, 7) is 10.0. The van der Waals surface area contributed by atoms with Crippen molar-refractivity contribution in [3.05, 3.63) is 64.1 Å². The Hall–Kier alpha value is -1.79. The Bertz CT molecular complexity index is 847. The molecule has 0 aromatic heterocycles. The summed E-state index contributed by atoms with van der Waals surface area (Å²) in [5, 5.41) is 2.98. The first-order chi connectivity index (χ1) is 13.5. The molecule has 0 aliphatic rings. The molecule has 2 amide bonds. The molecule has 4 nitrogen and oxygen atoms in total. The van der Waals surface area contributed by atoms with Gasteiger partial charge >= 0.3 is 0 Å². The minimum absolute atomic E-state index is 0.0629. The average Bonchev–Trinajstić information content (AvgIpc) is 2.63. The topological polar surface area (TPSA) is 49.4 Å². The number of hydrogen-bond acceptors (Lipinski definition) is 3. The van der Waals surface area contributed by atoms with Crippen molar-refractivity contribution in [1.82, 2.24) is 10.2 Å². The highest BCUT2D eigenvalue weighted by molar-refractivity contribution is 9.10. The van der Waals surface area contributed by atoms with Crippen molar-refractivity contribution < 1.29 is 9.59 Å². The molecule has 1 N–H and O–H groups in total. The van der Waals surface area contributed by atoms with Gasteiger partial charge in [-0.05, 0) is 64.4 Å². The standard InChI is InChI=1S/C23H29BrN2O2S/c1-16-9-11-20(12-10-16)29-15-21(27)26(14-18-7-6-8-19(24)13-18)17(2)22(28)25-23(3,4)5/h6-13,17H,14-15H2,1-5H3,(H,25,28)/t17-/m0/s1. The van der Waals surface area contributed by atoms with Crippen LogP contribution in [0.15, 0.2) is 57.9 Å². The number of carbonyl (C=O) groups is 2. The number of halogens is 1. The maximum absolute atomic E-state index is 13.1. The summed E-state index contributed by atoms with van der Waals surface area (Å²) >= 11 is 4.96. The summed E-state index contributed by atoms with van der Waals surface area (Å²) in [6, 6.07) is 15.3. The van der Waals surface area contributed by atoms with E-state index in [-0.39, 0.29) is 23.1 Å². The van der Waals surface area contributed by atoms with Gasteiger partial charge in [-0.25, -0.2) is 0 Å². The maximum Gasteiger partial charge on any atom is 0.242 e. The summed E-state index contributed by atoms with van der Waals surface area (Å²) in [4.78, 5) is 28.5. The summed E-state index contributed by atoms with van der Waals surface area (Å²) < 4.78 is 0.947. The minimum atomic E-state index is -0.570. The lowest BCUT2D eigenvalue weighted by atomic mass is 10.1. The Balaban J connectivity index is 2.16. The van der Waals surface area contributed by atoms with E-state index in [0.29, 0.717) is 6.54 Å². The fraction of sp³-hybridized carbons (Fsp3) is 0.391. The third kappa shape index (κ3) is 7.86. The van der Waals surface area contributed by atoms with Crippen LogP contribution in [0.5, 0.6) is 0 Å². The molecule has 0 spiro atoms. The van der Waals surface area contributed by atoms with Crippen molar-refractivity contribution in [2.75, 3.05) is 5.75 Å². The molecule has 2 aromatic carbocycles. The van der Waals surface area contributed by atoms with E-state index in [9.17, 15) is 9.59 Å². The van der Waals surface area contributed by atoms with E-state index in [1.165, 1.54) is 17.3 Å². The number of hydrogen-bond donors (Lipinski definition) is 1. The lowest BCUT2D eigenvalue weighted by molar-refractivity contribution is -0.139. The highest BCUT2D eigenvalue weighted by Crippen LogP contribution is 2.21. The molecule has 0 radical (unpaired) electrons. The van der Waals surface area contributed by atoms with E-state index in [2.05, 4.69) is 21.2 Å². The molecule has 156 valence electrons. The predicted octanol–water partition coefficient (Wildman–Crippen LogP) is 5.18. The number of nitrogens with one attached hydrogen (secondary N) is 1. The number of amides is 2. The van der Waals surface area contributed by atoms with Gasteiger partial charge in [0.2, 0.25) is 11.8 Å². The lowest BCUT2D eigenvalue weighted by Crippen LogP contribution is -2.52. The largest absolute Gasteiger partial charge is 0.350 e. The second-order valence-corrected chi connectivity index (χ2v) is 10.1. The number of nitrogens with zero attached hydrogens (tertiary/aromatic N) is 1. The van der Waals surface area contributed by atoms with Gasteiger partial charge in [-0.3, -0.25) is 9.59 Å². The highest BCUT2D eigenvalue weighted by Gasteiger charge is 2.28. The summed E-state index contributed by atoms with van der Waals surface area (Å²) in [7, 11) is 0. The van der Waals surface area contributed by atoms with Crippen molar-refractivity contribution in [1.29, 1.82) is 0 Å². The van der Waals surface area contributed by atoms with Crippen LogP contribution in [0.25, 0.3) is 0 Å². The fourth-order valence-electron chi connectivity index (χ4n) is 2.75. The van der Waals surface area contributed by atoms with Gasteiger partial charge in [0.15, 0.2) is 0 Å². The molecule has 6 heteroatoms. The van der Waals surface area contributed by atoms with Crippen molar-refractivity contribution in [3.8, 4) is 0 Å². The van der Waals surface area contributed by atoms with Crippen molar-refractivity contribution in [2.45, 2.75) is 57.6 Å². The smallest absolute Gasteiger partial charge is 0.242 e. The fourth-order valence-corrected chi connectivity index (χ4v) is 3.98. The van der Waals surface area contributed by atoms with Gasteiger partial charge in [-0.15, -0.1) is 11.8 Å². The van der Waals surface area contributed by atoms with Gasteiger partial charge in [0, 0.05) is 21.5 Å². The molecule has 0 aliphatic heterocycles. The van der Waals surface area contributed by atoms with Gasteiger partial charge < -0.3 is 10.2 Å². The zero-order valence-corrected chi connectivity index (χ0v) is 20.1. The van der Waals surface area contributed by atoms with Crippen LogP contribution in [-0.4, -0.2) is 34.0 Å². The van der Waals surface area contributed by atoms with E-state index in [1.807, 2.05) is 76.2 Å². The van der Waals surface area contributed by atoms with Crippen molar-refractivity contribution >= 4 is 39.5 Å². The molecule has 0 saturated carbocycles. The Morgan fingerprint density at radius 3 is 2.38 bits per heavy atom. The quantitative estimate of drug-likeness (QED) is 0.559. The van der Waals surface area contributed by atoms with E-state index >= 15 is 0 Å². The molecular weight excluding hydrogens is 448 g/mol. The number of benzene rings is 2. The molecule has 2 aromatic rings. The Morgan fingerprint density at radius 2 is 1.79 bits per heavy atom. The Morgan fingerprint density at radius 1 is 1.14 bits per heavy atom. The number of aryl methyl sites for hydroxylation is 1. The van der Waals surface area contributed by atoms with Crippen LogP contribution in [0.1, 0.15) is 38.8 Å². The summed E-state index contributed by atoms with van der Waals surface area (Å²) in [5.41, 5.74) is 1.81. The minimum Gasteiger partial charge on any atom is -0.350 e. The number of rotatable bonds is 7. The number of thioether (sulfide) groups is 1. The molecule has 2 rings (SSSR count). The highest BCUT2D eigenvalue weighted by atomic mass is 79.9. The molecule has 0 fully saturated rings. The first kappa shape index (κ1) is 23.5. The molecule has 0 bridgehead atoms. The van der Waals surface area contributed by atoms with Crippen molar-refractivity contribution in [3.63, 3.8) is 0 Å². The normalized spacial score (nSPS) is 12.3. The molecule has 29 heavy (non-hydrogen) atoms. The lowest BCUT2D eigenvalue weighted by Gasteiger charge is -2.31. The van der Waals surface area contributed by atoms with Gasteiger partial charge in [-0.1, -0.05) is 45.8 Å². The van der Waals surface area contributed by atoms with E-state index in [0.717, 1.165) is 14.9 Å². The third-order valence-electron chi connectivity index (χ3n) is 4.29. The van der Waals surface area contributed by atoms with Crippen LogP contribution in [0.2, 0.25) is 0 Å². The Kier molecular flexibility index (Phi) is 8.34. The molecular formula is C23H29BrN2O2S. The zero-order chi connectivity index (χ0) is 21.6. The van der Waals surface area contributed by atoms with Crippen LogP contribution in [0, 0.1) is 6.92 Å². The molecule has 0 heterocycles. The zero-order valence-electron chi connectivity index (χ0n) is 17.7. The molecule has 1 atom stereocenters. The van der Waals surface area contributed by atoms with Crippen LogP contribution in [0.4, 0.5) is 0 Å². The molecule has 0 unspecified atom stereocenters. The van der Waals surface area contributed by atoms with E-state index < -0.39 is 6.04 Å². The van der Waals surface area contributed by atoms with Gasteiger partial charge in [-0.2, -0.15) is 0 Å². The predicted molar refractivity (Wildman–Crippen MR) is 124 cm³/mol. The SMILES string of the molecule is Cc1ccc(SCC(=O)N(Cc2cccc(Br)c2)[C@@H](C)C(=O)NC(C)(C)C)cc1. The molecule has 0 saturated heterocycles. The first-order valence-corrected chi connectivity index (χ1v) is 11.4. The number of carbonyl (C=O) groups excluding carboxylic acids is 2. The Labute approximate surface area is 186 Å². The van der Waals surface area contributed by atoms with E-state index in [4.69, 9.17) is 0 Å². The maximum atomic E-state index is 13.1. The second-order valence-electron chi connectivity index (χ2n) is 8.17. The van der Waals surface area contributed by atoms with E-state index in [1.54, 1.807) is 11.8 Å². The first-order valence-electron chi connectivity index (χ1n) is 9.60. The van der Waals surface area contributed by atoms with Crippen LogP contribution in [0.3, 0.4) is 0 Å². The van der Waals surface area contributed by atoms with Crippen LogP contribution in [-0.2, 0) is 16.1 Å². The van der Waals surface area contributed by atoms with Crippen LogP contribution >= 0.6 is 27.7 Å². The summed E-state index contributed by atoms with van der Waals surface area (Å²) in [5.74, 6) is 0.0674. The monoisotopic (exact) mass is 476 g/mol. The van der Waals surface area contributed by atoms with Crippen LogP contribution < -0.4 is 5.32 Å². The summed E-state index contributed by atoms with van der Waals surface area (Å²) in [6.07, 6.45) is 0. The van der Waals surface area contributed by atoms with Gasteiger partial charge in [0.05, 0.1) is 5.75 Å². The van der Waals surface area contributed by atoms with Crippen molar-refractivity contribution in [2.24, 2.45) is 0 Å². The second kappa shape index (κ2) is 10.3. The third-order valence-corrected chi connectivity index (χ3v) is 5.78. The van der Waals surface area contributed by atoms with Gasteiger partial charge in [0.1, 0.15) is 6.04 Å². The average molecular weight is 477 g/mol. The van der Waals surface area contributed by atoms with Gasteiger partial charge in [0.25, 0.3) is 0 Å².